The molecule has 0 aliphatic carbocycles. The van der Waals surface area contributed by atoms with Crippen LogP contribution in [0, 0.1) is 13.8 Å². The molecule has 1 aromatic heterocycles. The molecule has 21 heavy (non-hydrogen) atoms. The predicted molar refractivity (Wildman–Crippen MR) is 82.1 cm³/mol. The molecule has 0 amide bonds. The number of rotatable bonds is 2. The van der Waals surface area contributed by atoms with Gasteiger partial charge >= 0.3 is 5.97 Å². The van der Waals surface area contributed by atoms with Crippen LogP contribution in [-0.2, 0) is 0 Å². The van der Waals surface area contributed by atoms with Gasteiger partial charge in [-0.1, -0.05) is 29.8 Å². The monoisotopic (exact) mass is 300 g/mol. The van der Waals surface area contributed by atoms with E-state index in [1.807, 2.05) is 38.1 Å². The van der Waals surface area contributed by atoms with E-state index in [1.54, 1.807) is 18.2 Å². The average molecular weight is 301 g/mol. The zero-order chi connectivity index (χ0) is 15.0. The molecule has 0 saturated heterocycles. The van der Waals surface area contributed by atoms with Crippen molar-refractivity contribution in [3.05, 3.63) is 64.4 Å². The second-order valence-electron chi connectivity index (χ2n) is 4.91. The van der Waals surface area contributed by atoms with Crippen LogP contribution < -0.4 is 4.74 Å². The fourth-order valence-electron chi connectivity index (χ4n) is 2.20. The minimum absolute atomic E-state index is 0.182. The van der Waals surface area contributed by atoms with Crippen LogP contribution in [0.2, 0.25) is 5.02 Å². The third-order valence-corrected chi connectivity index (χ3v) is 3.84. The molecule has 3 rings (SSSR count). The summed E-state index contributed by atoms with van der Waals surface area (Å²) >= 11 is 6.10. The minimum Gasteiger partial charge on any atom is -0.449 e. The van der Waals surface area contributed by atoms with E-state index in [-0.39, 0.29) is 5.76 Å². The molecule has 0 N–H and O–H groups in total. The zero-order valence-electron chi connectivity index (χ0n) is 11.6. The SMILES string of the molecule is Cc1cc(OC(=O)c2cc3ccccc3o2)cc(C)c1Cl. The highest BCUT2D eigenvalue weighted by atomic mass is 35.5. The van der Waals surface area contributed by atoms with Crippen molar-refractivity contribution in [3.8, 4) is 5.75 Å². The first kappa shape index (κ1) is 13.7. The van der Waals surface area contributed by atoms with Crippen molar-refractivity contribution < 1.29 is 13.9 Å². The van der Waals surface area contributed by atoms with Gasteiger partial charge in [0.1, 0.15) is 11.3 Å². The van der Waals surface area contributed by atoms with Crippen molar-refractivity contribution in [2.45, 2.75) is 13.8 Å². The number of furan rings is 1. The van der Waals surface area contributed by atoms with Gasteiger partial charge in [0.2, 0.25) is 5.76 Å². The van der Waals surface area contributed by atoms with Crippen LogP contribution in [0.4, 0.5) is 0 Å². The molecule has 0 bridgehead atoms. The Bertz CT molecular complexity index is 777. The molecule has 0 unspecified atom stereocenters. The Kier molecular flexibility index (Phi) is 3.43. The summed E-state index contributed by atoms with van der Waals surface area (Å²) < 4.78 is 10.8. The summed E-state index contributed by atoms with van der Waals surface area (Å²) in [5.41, 5.74) is 2.39. The van der Waals surface area contributed by atoms with Crippen molar-refractivity contribution in [3.63, 3.8) is 0 Å². The number of ether oxygens (including phenoxy) is 1. The van der Waals surface area contributed by atoms with Crippen LogP contribution in [0.3, 0.4) is 0 Å². The van der Waals surface area contributed by atoms with Gasteiger partial charge in [-0.05, 0) is 49.2 Å². The van der Waals surface area contributed by atoms with Crippen molar-refractivity contribution >= 4 is 28.5 Å². The normalized spacial score (nSPS) is 10.8. The molecular formula is C17H13ClO3. The largest absolute Gasteiger partial charge is 0.449 e. The number of aryl methyl sites for hydroxylation is 2. The third-order valence-electron chi connectivity index (χ3n) is 3.25. The number of esters is 1. The molecule has 3 nitrogen and oxygen atoms in total. The molecule has 0 aliphatic heterocycles. The van der Waals surface area contributed by atoms with Crippen LogP contribution in [-0.4, -0.2) is 5.97 Å². The molecule has 0 saturated carbocycles. The Morgan fingerprint density at radius 3 is 2.43 bits per heavy atom. The Balaban J connectivity index is 1.89. The van der Waals surface area contributed by atoms with E-state index in [1.165, 1.54) is 0 Å². The summed E-state index contributed by atoms with van der Waals surface area (Å²) in [4.78, 5) is 12.1. The Labute approximate surface area is 127 Å². The number of benzene rings is 2. The van der Waals surface area contributed by atoms with Crippen LogP contribution in [0.1, 0.15) is 21.7 Å². The first-order chi connectivity index (χ1) is 10.0. The maximum absolute atomic E-state index is 12.1. The van der Waals surface area contributed by atoms with Gasteiger partial charge in [0.05, 0.1) is 0 Å². The fourth-order valence-corrected chi connectivity index (χ4v) is 2.31. The third kappa shape index (κ3) is 2.65. The number of carbonyl (C=O) groups is 1. The molecule has 3 aromatic rings. The van der Waals surface area contributed by atoms with E-state index in [9.17, 15) is 4.79 Å². The summed E-state index contributed by atoms with van der Waals surface area (Å²) in [5, 5.41) is 1.55. The Morgan fingerprint density at radius 2 is 1.76 bits per heavy atom. The van der Waals surface area contributed by atoms with E-state index in [0.717, 1.165) is 16.5 Å². The van der Waals surface area contributed by atoms with Gasteiger partial charge in [0.25, 0.3) is 0 Å². The predicted octanol–water partition coefficient (Wildman–Crippen LogP) is 4.92. The second-order valence-corrected chi connectivity index (χ2v) is 5.29. The fraction of sp³-hybridized carbons (Fsp3) is 0.118. The lowest BCUT2D eigenvalue weighted by molar-refractivity contribution is 0.0704. The summed E-state index contributed by atoms with van der Waals surface area (Å²) in [7, 11) is 0. The lowest BCUT2D eigenvalue weighted by atomic mass is 10.1. The van der Waals surface area contributed by atoms with Crippen molar-refractivity contribution in [2.24, 2.45) is 0 Å². The lowest BCUT2D eigenvalue weighted by Gasteiger charge is -2.07. The van der Waals surface area contributed by atoms with Crippen molar-refractivity contribution in [1.29, 1.82) is 0 Å². The molecule has 0 aliphatic rings. The smallest absolute Gasteiger partial charge is 0.379 e. The minimum atomic E-state index is -0.521. The molecule has 0 atom stereocenters. The van der Waals surface area contributed by atoms with Gasteiger partial charge in [0.15, 0.2) is 0 Å². The maximum atomic E-state index is 12.1. The van der Waals surface area contributed by atoms with E-state index in [0.29, 0.717) is 16.4 Å². The molecule has 0 radical (unpaired) electrons. The topological polar surface area (TPSA) is 39.4 Å². The van der Waals surface area contributed by atoms with Crippen molar-refractivity contribution in [2.75, 3.05) is 0 Å². The van der Waals surface area contributed by atoms with E-state index >= 15 is 0 Å². The number of fused-ring (bicyclic) bond motifs is 1. The van der Waals surface area contributed by atoms with Crippen LogP contribution in [0.15, 0.2) is 46.9 Å². The number of para-hydroxylation sites is 1. The van der Waals surface area contributed by atoms with E-state index < -0.39 is 5.97 Å². The van der Waals surface area contributed by atoms with Crippen LogP contribution in [0.5, 0.6) is 5.75 Å². The van der Waals surface area contributed by atoms with Gasteiger partial charge in [-0.3, -0.25) is 0 Å². The average Bonchev–Trinajstić information content (AvgIpc) is 2.88. The lowest BCUT2D eigenvalue weighted by Crippen LogP contribution is -2.07. The van der Waals surface area contributed by atoms with Crippen molar-refractivity contribution in [1.82, 2.24) is 0 Å². The van der Waals surface area contributed by atoms with Gasteiger partial charge in [-0.2, -0.15) is 0 Å². The van der Waals surface area contributed by atoms with E-state index in [2.05, 4.69) is 0 Å². The number of hydrogen-bond acceptors (Lipinski definition) is 3. The van der Waals surface area contributed by atoms with Gasteiger partial charge in [0, 0.05) is 10.4 Å². The zero-order valence-corrected chi connectivity index (χ0v) is 12.4. The summed E-state index contributed by atoms with van der Waals surface area (Å²) in [6.45, 7) is 3.74. The maximum Gasteiger partial charge on any atom is 0.379 e. The summed E-state index contributed by atoms with van der Waals surface area (Å²) in [6, 6.07) is 12.6. The molecule has 1 heterocycles. The highest BCUT2D eigenvalue weighted by molar-refractivity contribution is 6.32. The van der Waals surface area contributed by atoms with Gasteiger partial charge in [-0.25, -0.2) is 4.79 Å². The van der Waals surface area contributed by atoms with Crippen LogP contribution >= 0.6 is 11.6 Å². The Hall–Kier alpha value is -2.26. The molecule has 106 valence electrons. The molecule has 4 heteroatoms. The first-order valence-electron chi connectivity index (χ1n) is 6.52. The standard InChI is InChI=1S/C17H13ClO3/c1-10-7-13(8-11(2)16(10)18)20-17(19)15-9-12-5-3-4-6-14(12)21-15/h3-9H,1-2H3. The number of carbonyl (C=O) groups excluding carboxylic acids is 1. The highest BCUT2D eigenvalue weighted by Crippen LogP contribution is 2.27. The highest BCUT2D eigenvalue weighted by Gasteiger charge is 2.15. The second kappa shape index (κ2) is 5.26. The quantitative estimate of drug-likeness (QED) is 0.498. The van der Waals surface area contributed by atoms with E-state index in [4.69, 9.17) is 20.8 Å². The number of hydrogen-bond donors (Lipinski definition) is 0. The van der Waals surface area contributed by atoms with Gasteiger partial charge < -0.3 is 9.15 Å². The number of halogens is 1. The Morgan fingerprint density at radius 1 is 1.10 bits per heavy atom. The molecular weight excluding hydrogens is 288 g/mol. The molecule has 0 spiro atoms. The summed E-state index contributed by atoms with van der Waals surface area (Å²) in [5.74, 6) is 0.119. The first-order valence-corrected chi connectivity index (χ1v) is 6.90. The summed E-state index contributed by atoms with van der Waals surface area (Å²) in [6.07, 6.45) is 0. The molecule has 0 fully saturated rings. The molecule has 2 aromatic carbocycles. The van der Waals surface area contributed by atoms with Gasteiger partial charge in [-0.15, -0.1) is 0 Å². The van der Waals surface area contributed by atoms with Crippen LogP contribution in [0.25, 0.3) is 11.0 Å².